The monoisotopic (exact) mass is 322 g/mol. The summed E-state index contributed by atoms with van der Waals surface area (Å²) >= 11 is 0. The maximum absolute atomic E-state index is 11.7. The highest BCUT2D eigenvalue weighted by Gasteiger charge is 2.04. The van der Waals surface area contributed by atoms with Crippen LogP contribution in [0.4, 0.5) is 10.5 Å². The van der Waals surface area contributed by atoms with Gasteiger partial charge in [0.1, 0.15) is 5.75 Å². The number of carbonyl (C=O) groups is 2. The lowest BCUT2D eigenvalue weighted by Crippen LogP contribution is -2.29. The van der Waals surface area contributed by atoms with Crippen LogP contribution in [-0.4, -0.2) is 31.8 Å². The molecular formula is C17H26N2O4. The largest absolute Gasteiger partial charge is 0.494 e. The van der Waals surface area contributed by atoms with Gasteiger partial charge in [-0.25, -0.2) is 4.79 Å². The van der Waals surface area contributed by atoms with Gasteiger partial charge >= 0.3 is 12.0 Å². The van der Waals surface area contributed by atoms with Crippen molar-refractivity contribution >= 4 is 17.7 Å². The van der Waals surface area contributed by atoms with Crippen LogP contribution >= 0.6 is 0 Å². The number of esters is 1. The van der Waals surface area contributed by atoms with Crippen molar-refractivity contribution in [2.45, 2.75) is 39.5 Å². The molecule has 0 heterocycles. The molecule has 1 rings (SSSR count). The zero-order valence-corrected chi connectivity index (χ0v) is 13.9. The van der Waals surface area contributed by atoms with E-state index in [-0.39, 0.29) is 12.0 Å². The molecule has 0 bridgehead atoms. The fourth-order valence-corrected chi connectivity index (χ4v) is 1.81. The molecule has 6 nitrogen and oxygen atoms in total. The molecule has 0 aromatic heterocycles. The second-order valence-electron chi connectivity index (χ2n) is 5.02. The summed E-state index contributed by atoms with van der Waals surface area (Å²) in [5.41, 5.74) is 0.690. The number of hydrogen-bond donors (Lipinski definition) is 2. The lowest BCUT2D eigenvalue weighted by Gasteiger charge is -2.09. The average Bonchev–Trinajstić information content (AvgIpc) is 2.54. The van der Waals surface area contributed by atoms with Gasteiger partial charge in [0.25, 0.3) is 0 Å². The summed E-state index contributed by atoms with van der Waals surface area (Å²) < 4.78 is 10.4. The fourth-order valence-electron chi connectivity index (χ4n) is 1.81. The van der Waals surface area contributed by atoms with E-state index in [0.717, 1.165) is 18.6 Å². The van der Waals surface area contributed by atoms with Crippen LogP contribution in [0.25, 0.3) is 0 Å². The van der Waals surface area contributed by atoms with E-state index >= 15 is 0 Å². The van der Waals surface area contributed by atoms with Crippen molar-refractivity contribution < 1.29 is 19.1 Å². The van der Waals surface area contributed by atoms with Crippen LogP contribution in [0.1, 0.15) is 39.5 Å². The Morgan fingerprint density at radius 3 is 2.48 bits per heavy atom. The molecule has 0 unspecified atom stereocenters. The van der Waals surface area contributed by atoms with Crippen molar-refractivity contribution in [3.05, 3.63) is 24.3 Å². The van der Waals surface area contributed by atoms with Gasteiger partial charge < -0.3 is 20.1 Å². The van der Waals surface area contributed by atoms with Gasteiger partial charge in [-0.05, 0) is 44.0 Å². The van der Waals surface area contributed by atoms with Gasteiger partial charge in [0.05, 0.1) is 13.2 Å². The highest BCUT2D eigenvalue weighted by molar-refractivity contribution is 5.89. The quantitative estimate of drug-likeness (QED) is 0.512. The summed E-state index contributed by atoms with van der Waals surface area (Å²) in [5.74, 6) is 0.548. The Hall–Kier alpha value is -2.24. The molecule has 2 amide bonds. The summed E-state index contributed by atoms with van der Waals surface area (Å²) in [6.45, 7) is 5.38. The second-order valence-corrected chi connectivity index (χ2v) is 5.02. The summed E-state index contributed by atoms with van der Waals surface area (Å²) in [6.07, 6.45) is 2.97. The van der Waals surface area contributed by atoms with Crippen LogP contribution in [0.3, 0.4) is 0 Å². The number of unbranched alkanes of at least 4 members (excludes halogenated alkanes) is 1. The normalized spacial score (nSPS) is 10.0. The molecule has 0 saturated carbocycles. The molecule has 0 aliphatic heterocycles. The summed E-state index contributed by atoms with van der Waals surface area (Å²) in [4.78, 5) is 22.9. The Morgan fingerprint density at radius 1 is 1.09 bits per heavy atom. The van der Waals surface area contributed by atoms with E-state index in [1.807, 2.05) is 12.1 Å². The van der Waals surface area contributed by atoms with Crippen LogP contribution in [0.2, 0.25) is 0 Å². The first kappa shape index (κ1) is 18.8. The van der Waals surface area contributed by atoms with Crippen LogP contribution in [0, 0.1) is 0 Å². The van der Waals surface area contributed by atoms with Gasteiger partial charge in [0.2, 0.25) is 0 Å². The van der Waals surface area contributed by atoms with E-state index < -0.39 is 0 Å². The zero-order valence-electron chi connectivity index (χ0n) is 13.9. The Bertz CT molecular complexity index is 474. The molecule has 0 fully saturated rings. The number of benzene rings is 1. The molecule has 0 saturated heterocycles. The maximum Gasteiger partial charge on any atom is 0.319 e. The molecule has 0 atom stereocenters. The molecule has 0 aliphatic carbocycles. The average molecular weight is 322 g/mol. The van der Waals surface area contributed by atoms with Crippen LogP contribution < -0.4 is 15.4 Å². The third-order valence-electron chi connectivity index (χ3n) is 3.03. The van der Waals surface area contributed by atoms with E-state index in [1.165, 1.54) is 0 Å². The van der Waals surface area contributed by atoms with Crippen LogP contribution in [0.5, 0.6) is 5.75 Å². The number of nitrogens with one attached hydrogen (secondary N) is 2. The highest BCUT2D eigenvalue weighted by atomic mass is 16.5. The smallest absolute Gasteiger partial charge is 0.319 e. The number of urea groups is 1. The first-order valence-corrected chi connectivity index (χ1v) is 8.09. The molecule has 6 heteroatoms. The van der Waals surface area contributed by atoms with Gasteiger partial charge in [0, 0.05) is 18.7 Å². The summed E-state index contributed by atoms with van der Waals surface area (Å²) in [5, 5.41) is 5.42. The SMILES string of the molecule is CCCCOc1ccc(NC(=O)NCCCC(=O)OCC)cc1. The molecule has 128 valence electrons. The molecule has 0 aliphatic rings. The van der Waals surface area contributed by atoms with E-state index in [4.69, 9.17) is 9.47 Å². The van der Waals surface area contributed by atoms with Crippen molar-refractivity contribution in [2.24, 2.45) is 0 Å². The van der Waals surface area contributed by atoms with Crippen molar-refractivity contribution in [2.75, 3.05) is 25.1 Å². The van der Waals surface area contributed by atoms with Gasteiger partial charge in [-0.15, -0.1) is 0 Å². The summed E-state index contributed by atoms with van der Waals surface area (Å²) in [7, 11) is 0. The zero-order chi connectivity index (χ0) is 16.9. The molecular weight excluding hydrogens is 296 g/mol. The molecule has 1 aromatic carbocycles. The fraction of sp³-hybridized carbons (Fsp3) is 0.529. The van der Waals surface area contributed by atoms with Gasteiger partial charge in [-0.1, -0.05) is 13.3 Å². The maximum atomic E-state index is 11.7. The number of carbonyl (C=O) groups excluding carboxylic acids is 2. The second kappa shape index (κ2) is 11.3. The lowest BCUT2D eigenvalue weighted by atomic mass is 10.3. The van der Waals surface area contributed by atoms with Gasteiger partial charge in [-0.3, -0.25) is 4.79 Å². The Balaban J connectivity index is 2.22. The van der Waals surface area contributed by atoms with Crippen molar-refractivity contribution in [1.82, 2.24) is 5.32 Å². The highest BCUT2D eigenvalue weighted by Crippen LogP contribution is 2.15. The van der Waals surface area contributed by atoms with Crippen LogP contribution in [0.15, 0.2) is 24.3 Å². The number of hydrogen-bond acceptors (Lipinski definition) is 4. The molecule has 0 spiro atoms. The van der Waals surface area contributed by atoms with Crippen molar-refractivity contribution in [3.63, 3.8) is 0 Å². The standard InChI is InChI=1S/C17H26N2O4/c1-3-5-13-23-15-10-8-14(9-11-15)19-17(21)18-12-6-7-16(20)22-4-2/h8-11H,3-7,12-13H2,1-2H3,(H2,18,19,21). The van der Waals surface area contributed by atoms with Crippen molar-refractivity contribution in [1.29, 1.82) is 0 Å². The molecule has 2 N–H and O–H groups in total. The minimum absolute atomic E-state index is 0.242. The molecule has 23 heavy (non-hydrogen) atoms. The minimum Gasteiger partial charge on any atom is -0.494 e. The van der Waals surface area contributed by atoms with E-state index in [0.29, 0.717) is 38.3 Å². The summed E-state index contributed by atoms with van der Waals surface area (Å²) in [6, 6.07) is 6.94. The van der Waals surface area contributed by atoms with Gasteiger partial charge in [0.15, 0.2) is 0 Å². The Morgan fingerprint density at radius 2 is 1.83 bits per heavy atom. The number of rotatable bonds is 10. The lowest BCUT2D eigenvalue weighted by molar-refractivity contribution is -0.143. The van der Waals surface area contributed by atoms with Crippen LogP contribution in [-0.2, 0) is 9.53 Å². The van der Waals surface area contributed by atoms with Gasteiger partial charge in [-0.2, -0.15) is 0 Å². The van der Waals surface area contributed by atoms with E-state index in [9.17, 15) is 9.59 Å². The Labute approximate surface area is 137 Å². The van der Waals surface area contributed by atoms with Crippen molar-refractivity contribution in [3.8, 4) is 5.75 Å². The number of ether oxygens (including phenoxy) is 2. The predicted molar refractivity (Wildman–Crippen MR) is 89.7 cm³/mol. The number of amides is 2. The first-order valence-electron chi connectivity index (χ1n) is 8.09. The predicted octanol–water partition coefficient (Wildman–Crippen LogP) is 3.33. The molecule has 1 aromatic rings. The number of anilines is 1. The van der Waals surface area contributed by atoms with E-state index in [2.05, 4.69) is 17.6 Å². The Kier molecular flexibility index (Phi) is 9.28. The third-order valence-corrected chi connectivity index (χ3v) is 3.03. The first-order chi connectivity index (χ1) is 11.2. The molecule has 0 radical (unpaired) electrons. The topological polar surface area (TPSA) is 76.7 Å². The third kappa shape index (κ3) is 8.70. The minimum atomic E-state index is -0.298. The van der Waals surface area contributed by atoms with E-state index in [1.54, 1.807) is 19.1 Å².